The van der Waals surface area contributed by atoms with Gasteiger partial charge in [-0.15, -0.1) is 0 Å². The van der Waals surface area contributed by atoms with Gasteiger partial charge in [0.05, 0.1) is 5.41 Å². The molecule has 0 aliphatic heterocycles. The summed E-state index contributed by atoms with van der Waals surface area (Å²) >= 11 is 0. The van der Waals surface area contributed by atoms with E-state index in [-0.39, 0.29) is 11.2 Å². The van der Waals surface area contributed by atoms with Crippen LogP contribution in [0.2, 0.25) is 0 Å². The number of carbonyl (C=O) groups is 2. The molecule has 0 amide bonds. The van der Waals surface area contributed by atoms with Crippen LogP contribution in [0.1, 0.15) is 65.2 Å². The van der Waals surface area contributed by atoms with Gasteiger partial charge >= 0.3 is 0 Å². The summed E-state index contributed by atoms with van der Waals surface area (Å²) in [6.07, 6.45) is 12.0. The summed E-state index contributed by atoms with van der Waals surface area (Å²) in [5.41, 5.74) is 1.40. The Kier molecular flexibility index (Phi) is 3.19. The smallest absolute Gasteiger partial charge is 0.155 e. The molecule has 0 unspecified atom stereocenters. The van der Waals surface area contributed by atoms with E-state index >= 15 is 0 Å². The quantitative estimate of drug-likeness (QED) is 0.675. The largest absolute Gasteiger partial charge is 0.302 e. The predicted molar refractivity (Wildman–Crippen MR) is 86.3 cm³/mol. The minimum atomic E-state index is -0.297. The van der Waals surface area contributed by atoms with Crippen LogP contribution in [0.4, 0.5) is 0 Å². The highest BCUT2D eigenvalue weighted by Gasteiger charge is 2.59. The van der Waals surface area contributed by atoms with Gasteiger partial charge in [0.2, 0.25) is 0 Å². The van der Waals surface area contributed by atoms with Crippen molar-refractivity contribution in [3.05, 3.63) is 11.6 Å². The first-order chi connectivity index (χ1) is 10.5. The molecule has 6 atom stereocenters. The molecule has 0 N–H and O–H groups in total. The number of ketones is 1. The Labute approximate surface area is 133 Å². The molecule has 0 bridgehead atoms. The second-order valence-electron chi connectivity index (χ2n) is 8.85. The number of rotatable bonds is 1. The second kappa shape index (κ2) is 4.79. The molecule has 0 aromatic rings. The van der Waals surface area contributed by atoms with Crippen molar-refractivity contribution in [3.63, 3.8) is 0 Å². The monoisotopic (exact) mass is 300 g/mol. The minimum Gasteiger partial charge on any atom is -0.302 e. The lowest BCUT2D eigenvalue weighted by Gasteiger charge is -2.58. The zero-order valence-corrected chi connectivity index (χ0v) is 13.9. The molecule has 0 heterocycles. The van der Waals surface area contributed by atoms with Gasteiger partial charge in [-0.1, -0.05) is 25.8 Å². The molecule has 4 aliphatic rings. The summed E-state index contributed by atoms with van der Waals surface area (Å²) in [5, 5.41) is 0. The Hall–Kier alpha value is -0.920. The van der Waals surface area contributed by atoms with E-state index in [9.17, 15) is 9.59 Å². The van der Waals surface area contributed by atoms with Crippen LogP contribution in [0.3, 0.4) is 0 Å². The Balaban J connectivity index is 1.78. The van der Waals surface area contributed by atoms with Crippen molar-refractivity contribution >= 4 is 12.1 Å². The Morgan fingerprint density at radius 2 is 2.00 bits per heavy atom. The molecule has 120 valence electrons. The van der Waals surface area contributed by atoms with Gasteiger partial charge in [0.1, 0.15) is 6.29 Å². The number of hydrogen-bond acceptors (Lipinski definition) is 2. The number of hydrogen-bond donors (Lipinski definition) is 0. The number of fused-ring (bicyclic) bond motifs is 5. The summed E-state index contributed by atoms with van der Waals surface area (Å²) in [6, 6.07) is 0. The first kappa shape index (κ1) is 14.7. The van der Waals surface area contributed by atoms with Gasteiger partial charge in [0, 0.05) is 6.42 Å². The maximum Gasteiger partial charge on any atom is 0.155 e. The average Bonchev–Trinajstić information content (AvgIpc) is 2.88. The van der Waals surface area contributed by atoms with Crippen LogP contribution in [0, 0.1) is 34.5 Å². The molecule has 3 fully saturated rings. The molecule has 4 rings (SSSR count). The summed E-state index contributed by atoms with van der Waals surface area (Å²) in [6.45, 7) is 4.87. The zero-order valence-electron chi connectivity index (χ0n) is 13.9. The normalized spacial score (nSPS) is 50.6. The Morgan fingerprint density at radius 3 is 2.77 bits per heavy atom. The minimum absolute atomic E-state index is 0.236. The van der Waals surface area contributed by atoms with Crippen LogP contribution in [0.5, 0.6) is 0 Å². The fraction of sp³-hybridized carbons (Fsp3) is 0.800. The van der Waals surface area contributed by atoms with Crippen molar-refractivity contribution in [1.29, 1.82) is 0 Å². The lowest BCUT2D eigenvalue weighted by molar-refractivity contribution is -0.130. The number of aldehydes is 1. The van der Waals surface area contributed by atoms with E-state index in [4.69, 9.17) is 0 Å². The van der Waals surface area contributed by atoms with Gasteiger partial charge in [0.15, 0.2) is 5.78 Å². The zero-order chi connectivity index (χ0) is 15.5. The van der Waals surface area contributed by atoms with Gasteiger partial charge in [-0.2, -0.15) is 0 Å². The van der Waals surface area contributed by atoms with Gasteiger partial charge < -0.3 is 4.79 Å². The summed E-state index contributed by atoms with van der Waals surface area (Å²) in [7, 11) is 0. The Morgan fingerprint density at radius 1 is 1.18 bits per heavy atom. The van der Waals surface area contributed by atoms with Crippen LogP contribution < -0.4 is 0 Å². The van der Waals surface area contributed by atoms with Crippen LogP contribution in [0.25, 0.3) is 0 Å². The van der Waals surface area contributed by atoms with Gasteiger partial charge in [-0.3, -0.25) is 4.79 Å². The molecule has 0 aromatic carbocycles. The van der Waals surface area contributed by atoms with E-state index in [1.165, 1.54) is 44.0 Å². The van der Waals surface area contributed by atoms with Crippen LogP contribution in [-0.4, -0.2) is 12.1 Å². The molecule has 2 nitrogen and oxygen atoms in total. The molecule has 0 radical (unpaired) electrons. The van der Waals surface area contributed by atoms with Crippen molar-refractivity contribution in [2.24, 2.45) is 34.5 Å². The molecule has 0 saturated heterocycles. The van der Waals surface area contributed by atoms with E-state index in [2.05, 4.69) is 13.8 Å². The van der Waals surface area contributed by atoms with Crippen molar-refractivity contribution in [2.45, 2.75) is 65.2 Å². The topological polar surface area (TPSA) is 34.1 Å². The van der Waals surface area contributed by atoms with Crippen LogP contribution in [0.15, 0.2) is 11.6 Å². The molecule has 0 spiro atoms. The molecular formula is C20H28O2. The fourth-order valence-electron chi connectivity index (χ4n) is 6.85. The maximum absolute atomic E-state index is 12.2. The highest BCUT2D eigenvalue weighted by atomic mass is 16.1. The first-order valence-electron chi connectivity index (χ1n) is 9.20. The van der Waals surface area contributed by atoms with Crippen molar-refractivity contribution in [3.8, 4) is 0 Å². The van der Waals surface area contributed by atoms with Crippen molar-refractivity contribution < 1.29 is 9.59 Å². The van der Waals surface area contributed by atoms with Gasteiger partial charge in [0.25, 0.3) is 0 Å². The van der Waals surface area contributed by atoms with E-state index in [0.29, 0.717) is 29.6 Å². The lowest BCUT2D eigenvalue weighted by Crippen LogP contribution is -2.53. The third kappa shape index (κ3) is 1.79. The average molecular weight is 300 g/mol. The van der Waals surface area contributed by atoms with E-state index < -0.39 is 0 Å². The summed E-state index contributed by atoms with van der Waals surface area (Å²) < 4.78 is 0. The standard InChI is InChI=1S/C20H28O2/c1-13-10-14-11-15(22)5-9-20(14,12-21)17-6-8-19(2)7-3-4-16(19)18(13)17/h11-13,16-18H,3-10H2,1-2H3/t13-,16+,17+,18+,19+,20-/m1/s1. The molecule has 0 aromatic heterocycles. The fourth-order valence-corrected chi connectivity index (χ4v) is 6.85. The van der Waals surface area contributed by atoms with Crippen LogP contribution in [-0.2, 0) is 9.59 Å². The van der Waals surface area contributed by atoms with Gasteiger partial charge in [-0.05, 0) is 73.7 Å². The molecular weight excluding hydrogens is 272 g/mol. The lowest BCUT2D eigenvalue weighted by atomic mass is 9.45. The number of allylic oxidation sites excluding steroid dienone is 1. The summed E-state index contributed by atoms with van der Waals surface area (Å²) in [4.78, 5) is 24.1. The van der Waals surface area contributed by atoms with Crippen molar-refractivity contribution in [1.82, 2.24) is 0 Å². The van der Waals surface area contributed by atoms with Crippen molar-refractivity contribution in [2.75, 3.05) is 0 Å². The van der Waals surface area contributed by atoms with E-state index in [0.717, 1.165) is 18.8 Å². The molecule has 22 heavy (non-hydrogen) atoms. The highest BCUT2D eigenvalue weighted by molar-refractivity contribution is 5.93. The molecule has 3 saturated carbocycles. The van der Waals surface area contributed by atoms with Crippen LogP contribution >= 0.6 is 0 Å². The third-order valence-corrected chi connectivity index (χ3v) is 7.90. The first-order valence-corrected chi connectivity index (χ1v) is 9.20. The maximum atomic E-state index is 12.2. The van der Waals surface area contributed by atoms with E-state index in [1.54, 1.807) is 0 Å². The predicted octanol–water partition coefficient (Wildman–Crippen LogP) is 4.33. The summed E-state index contributed by atoms with van der Waals surface area (Å²) in [5.74, 6) is 2.84. The Bertz CT molecular complexity index is 548. The van der Waals surface area contributed by atoms with E-state index in [1.807, 2.05) is 6.08 Å². The second-order valence-corrected chi connectivity index (χ2v) is 8.85. The van der Waals surface area contributed by atoms with Gasteiger partial charge in [-0.25, -0.2) is 0 Å². The molecule has 2 heteroatoms. The molecule has 4 aliphatic carbocycles. The third-order valence-electron chi connectivity index (χ3n) is 7.90. The number of carbonyl (C=O) groups excluding carboxylic acids is 2. The SMILES string of the molecule is C[C@@H]1CC2=CC(=O)CC[C@]2(C=O)[C@H]2CC[C@]3(C)CCC[C@H]3[C@H]12. The highest BCUT2D eigenvalue weighted by Crippen LogP contribution is 2.66.